The lowest BCUT2D eigenvalue weighted by atomic mass is 9.89. The molecule has 0 spiro atoms. The average Bonchev–Trinajstić information content (AvgIpc) is 2.69. The number of unbranched alkanes of at least 4 members (excludes halogenated alkanes) is 3. The molecule has 0 radical (unpaired) electrons. The number of rotatable bonds is 16. The van der Waals surface area contributed by atoms with Gasteiger partial charge in [0.15, 0.2) is 0 Å². The minimum Gasteiger partial charge on any atom is -0.343 e. The number of carbonyl (C=O) groups is 1. The second-order valence-electron chi connectivity index (χ2n) is 8.86. The van der Waals surface area contributed by atoms with E-state index in [1.807, 2.05) is 0 Å². The fraction of sp³-hybridized carbons (Fsp3) is 0.720. The van der Waals surface area contributed by atoms with Gasteiger partial charge in [0, 0.05) is 19.5 Å². The van der Waals surface area contributed by atoms with Gasteiger partial charge in [-0.2, -0.15) is 0 Å². The van der Waals surface area contributed by atoms with E-state index >= 15 is 0 Å². The lowest BCUT2D eigenvalue weighted by Crippen LogP contribution is -2.36. The van der Waals surface area contributed by atoms with Crippen LogP contribution in [-0.2, 0) is 4.79 Å². The van der Waals surface area contributed by atoms with Gasteiger partial charge in [-0.15, -0.1) is 0 Å². The third-order valence-electron chi connectivity index (χ3n) is 5.52. The molecule has 1 rings (SSSR count). The first kappa shape index (κ1) is 25.6. The van der Waals surface area contributed by atoms with E-state index in [9.17, 15) is 4.79 Å². The Kier molecular flexibility index (Phi) is 13.7. The van der Waals surface area contributed by atoms with Gasteiger partial charge in [0.1, 0.15) is 0 Å². The molecule has 29 heavy (non-hydrogen) atoms. The Morgan fingerprint density at radius 1 is 0.793 bits per heavy atom. The largest absolute Gasteiger partial charge is 0.343 e. The molecule has 0 saturated heterocycles. The number of benzene rings is 1. The Morgan fingerprint density at radius 2 is 1.38 bits per heavy atom. The summed E-state index contributed by atoms with van der Waals surface area (Å²) in [6.07, 6.45) is 8.84. The second kappa shape index (κ2) is 15.4. The average molecular weight is 404 g/mol. The van der Waals surface area contributed by atoms with Crippen molar-refractivity contribution >= 4 is 5.91 Å². The molecule has 0 aliphatic rings. The zero-order valence-corrected chi connectivity index (χ0v) is 19.7. The van der Waals surface area contributed by atoms with Crippen LogP contribution < -0.4 is 0 Å². The van der Waals surface area contributed by atoms with Crippen LogP contribution in [0, 0.1) is 0 Å². The molecule has 0 aliphatic heterocycles. The van der Waals surface area contributed by atoms with E-state index in [4.69, 9.17) is 0 Å². The fourth-order valence-corrected chi connectivity index (χ4v) is 3.79. The molecular weight excluding hydrogens is 358 g/mol. The molecule has 0 fully saturated rings. The SMILES string of the molecule is CCCCCCC(CC(=O)N(CCCN(C)C)CCCN(C)C)c1ccccc1. The summed E-state index contributed by atoms with van der Waals surface area (Å²) >= 11 is 0. The van der Waals surface area contributed by atoms with Gasteiger partial charge >= 0.3 is 0 Å². The highest BCUT2D eigenvalue weighted by Gasteiger charge is 2.20. The van der Waals surface area contributed by atoms with Crippen LogP contribution in [-0.4, -0.2) is 75.0 Å². The third kappa shape index (κ3) is 12.0. The molecular formula is C25H45N3O. The van der Waals surface area contributed by atoms with Crippen LogP contribution in [0.2, 0.25) is 0 Å². The molecule has 0 N–H and O–H groups in total. The quantitative estimate of drug-likeness (QED) is 0.369. The van der Waals surface area contributed by atoms with Crippen molar-refractivity contribution in [1.82, 2.24) is 14.7 Å². The summed E-state index contributed by atoms with van der Waals surface area (Å²) in [5, 5.41) is 0. The number of hydrogen-bond donors (Lipinski definition) is 0. The van der Waals surface area contributed by atoms with Gasteiger partial charge in [0.2, 0.25) is 5.91 Å². The Bertz CT molecular complexity index is 516. The highest BCUT2D eigenvalue weighted by molar-refractivity contribution is 5.77. The van der Waals surface area contributed by atoms with Crippen molar-refractivity contribution in [3.05, 3.63) is 35.9 Å². The lowest BCUT2D eigenvalue weighted by molar-refractivity contribution is -0.131. The zero-order valence-electron chi connectivity index (χ0n) is 19.7. The molecule has 166 valence electrons. The second-order valence-corrected chi connectivity index (χ2v) is 8.86. The van der Waals surface area contributed by atoms with Gasteiger partial charge in [-0.25, -0.2) is 0 Å². The van der Waals surface area contributed by atoms with Crippen LogP contribution in [0.25, 0.3) is 0 Å². The topological polar surface area (TPSA) is 26.8 Å². The number of carbonyl (C=O) groups excluding carboxylic acids is 1. The summed E-state index contributed by atoms with van der Waals surface area (Å²) in [6.45, 7) is 6.02. The van der Waals surface area contributed by atoms with Gasteiger partial charge in [-0.1, -0.05) is 62.9 Å². The van der Waals surface area contributed by atoms with E-state index in [1.54, 1.807) is 0 Å². The Morgan fingerprint density at radius 3 is 1.90 bits per heavy atom. The first-order chi connectivity index (χ1) is 13.9. The number of hydrogen-bond acceptors (Lipinski definition) is 3. The van der Waals surface area contributed by atoms with Crippen LogP contribution in [0.4, 0.5) is 0 Å². The summed E-state index contributed by atoms with van der Waals surface area (Å²) in [6, 6.07) is 10.7. The summed E-state index contributed by atoms with van der Waals surface area (Å²) < 4.78 is 0. The van der Waals surface area contributed by atoms with Crippen LogP contribution in [0.5, 0.6) is 0 Å². The summed E-state index contributed by atoms with van der Waals surface area (Å²) in [4.78, 5) is 19.8. The normalized spacial score (nSPS) is 12.5. The van der Waals surface area contributed by atoms with Crippen molar-refractivity contribution < 1.29 is 4.79 Å². The summed E-state index contributed by atoms with van der Waals surface area (Å²) in [7, 11) is 8.39. The van der Waals surface area contributed by atoms with E-state index in [-0.39, 0.29) is 0 Å². The fourth-order valence-electron chi connectivity index (χ4n) is 3.79. The van der Waals surface area contributed by atoms with Crippen molar-refractivity contribution in [2.45, 2.75) is 64.2 Å². The molecule has 0 aliphatic carbocycles. The molecule has 0 bridgehead atoms. The van der Waals surface area contributed by atoms with Crippen molar-refractivity contribution in [1.29, 1.82) is 0 Å². The maximum Gasteiger partial charge on any atom is 0.223 e. The smallest absolute Gasteiger partial charge is 0.223 e. The molecule has 1 aromatic rings. The maximum atomic E-state index is 13.3. The molecule has 4 nitrogen and oxygen atoms in total. The summed E-state index contributed by atoms with van der Waals surface area (Å²) in [5.74, 6) is 0.664. The van der Waals surface area contributed by atoms with Gasteiger partial charge in [-0.05, 0) is 72.0 Å². The van der Waals surface area contributed by atoms with Gasteiger partial charge < -0.3 is 14.7 Å². The highest BCUT2D eigenvalue weighted by Crippen LogP contribution is 2.27. The van der Waals surface area contributed by atoms with Crippen LogP contribution in [0.1, 0.15) is 69.8 Å². The standard InChI is InChI=1S/C25H45N3O/c1-6-7-8-10-17-24(23-15-11-9-12-16-23)22-25(29)28(20-13-18-26(2)3)21-14-19-27(4)5/h9,11-12,15-16,24H,6-8,10,13-14,17-22H2,1-5H3. The first-order valence-electron chi connectivity index (χ1n) is 11.6. The molecule has 1 unspecified atom stereocenters. The van der Waals surface area contributed by atoms with Gasteiger partial charge in [0.25, 0.3) is 0 Å². The van der Waals surface area contributed by atoms with Crippen molar-refractivity contribution in [2.75, 3.05) is 54.4 Å². The molecule has 0 aromatic heterocycles. The molecule has 1 atom stereocenters. The monoisotopic (exact) mass is 403 g/mol. The van der Waals surface area contributed by atoms with Crippen LogP contribution >= 0.6 is 0 Å². The maximum absolute atomic E-state index is 13.3. The predicted molar refractivity (Wildman–Crippen MR) is 125 cm³/mol. The third-order valence-corrected chi connectivity index (χ3v) is 5.52. The van der Waals surface area contributed by atoms with E-state index in [2.05, 4.69) is 80.1 Å². The van der Waals surface area contributed by atoms with Gasteiger partial charge in [0.05, 0.1) is 0 Å². The van der Waals surface area contributed by atoms with Crippen molar-refractivity contribution in [2.24, 2.45) is 0 Å². The van der Waals surface area contributed by atoms with Crippen molar-refractivity contribution in [3.63, 3.8) is 0 Å². The molecule has 0 saturated carbocycles. The molecule has 0 heterocycles. The van der Waals surface area contributed by atoms with E-state index < -0.39 is 0 Å². The van der Waals surface area contributed by atoms with Gasteiger partial charge in [-0.3, -0.25) is 4.79 Å². The minimum atomic E-state index is 0.326. The zero-order chi connectivity index (χ0) is 21.5. The lowest BCUT2D eigenvalue weighted by Gasteiger charge is -2.27. The molecule has 1 aromatic carbocycles. The van der Waals surface area contributed by atoms with E-state index in [0.29, 0.717) is 18.2 Å². The minimum absolute atomic E-state index is 0.326. The Hall–Kier alpha value is -1.39. The van der Waals surface area contributed by atoms with Crippen LogP contribution in [0.15, 0.2) is 30.3 Å². The first-order valence-corrected chi connectivity index (χ1v) is 11.6. The van der Waals surface area contributed by atoms with E-state index in [0.717, 1.165) is 45.4 Å². The molecule has 4 heteroatoms. The van der Waals surface area contributed by atoms with Crippen LogP contribution in [0.3, 0.4) is 0 Å². The van der Waals surface area contributed by atoms with Crippen molar-refractivity contribution in [3.8, 4) is 0 Å². The predicted octanol–water partition coefficient (Wildman–Crippen LogP) is 4.86. The number of nitrogens with zero attached hydrogens (tertiary/aromatic N) is 3. The summed E-state index contributed by atoms with van der Waals surface area (Å²) in [5.41, 5.74) is 1.32. The van der Waals surface area contributed by atoms with E-state index in [1.165, 1.54) is 31.2 Å². The Balaban J connectivity index is 2.73. The Labute approximate surface area is 180 Å². The number of amides is 1. The highest BCUT2D eigenvalue weighted by atomic mass is 16.2. The molecule has 1 amide bonds.